The zero-order valence-electron chi connectivity index (χ0n) is 15.5. The molecular weight excluding hydrogens is 316 g/mol. The van der Waals surface area contributed by atoms with Crippen LogP contribution in [-0.2, 0) is 4.79 Å². The molecule has 1 aliphatic rings. The van der Waals surface area contributed by atoms with Crippen LogP contribution in [0.5, 0.6) is 0 Å². The third-order valence-electron chi connectivity index (χ3n) is 4.87. The number of hydrogen-bond acceptors (Lipinski definition) is 3. The second kappa shape index (κ2) is 9.42. The van der Waals surface area contributed by atoms with Crippen LogP contribution in [0.15, 0.2) is 30.3 Å². The average Bonchev–Trinajstić information content (AvgIpc) is 2.61. The zero-order chi connectivity index (χ0) is 18.2. The Kier molecular flexibility index (Phi) is 7.25. The Bertz CT molecular complexity index is 554. The third-order valence-corrected chi connectivity index (χ3v) is 4.87. The van der Waals surface area contributed by atoms with Gasteiger partial charge in [0.15, 0.2) is 0 Å². The number of hydrogen-bond donors (Lipinski definition) is 2. The molecular formula is C19H30N4O2. The Labute approximate surface area is 150 Å². The molecule has 1 saturated heterocycles. The van der Waals surface area contributed by atoms with Gasteiger partial charge in [-0.1, -0.05) is 30.3 Å². The predicted octanol–water partition coefficient (Wildman–Crippen LogP) is 1.85. The summed E-state index contributed by atoms with van der Waals surface area (Å²) in [7, 11) is 4.03. The van der Waals surface area contributed by atoms with Gasteiger partial charge in [-0.25, -0.2) is 4.79 Å². The Morgan fingerprint density at radius 2 is 1.80 bits per heavy atom. The van der Waals surface area contributed by atoms with Crippen molar-refractivity contribution in [1.82, 2.24) is 20.4 Å². The quantitative estimate of drug-likeness (QED) is 0.826. The van der Waals surface area contributed by atoms with Crippen molar-refractivity contribution in [3.05, 3.63) is 35.9 Å². The summed E-state index contributed by atoms with van der Waals surface area (Å²) in [6, 6.07) is 10.2. The molecule has 1 aromatic rings. The van der Waals surface area contributed by atoms with Crippen LogP contribution in [0, 0.1) is 5.92 Å². The smallest absolute Gasteiger partial charge is 0.314 e. The fourth-order valence-corrected chi connectivity index (χ4v) is 3.21. The number of carbonyl (C=O) groups is 2. The molecule has 0 aromatic heterocycles. The van der Waals surface area contributed by atoms with Crippen LogP contribution >= 0.6 is 0 Å². The summed E-state index contributed by atoms with van der Waals surface area (Å²) in [5.41, 5.74) is 1.18. The number of benzene rings is 1. The summed E-state index contributed by atoms with van der Waals surface area (Å²) in [5, 5.41) is 5.94. The predicted molar refractivity (Wildman–Crippen MR) is 99.2 cm³/mol. The minimum absolute atomic E-state index is 0.128. The number of amides is 3. The van der Waals surface area contributed by atoms with Gasteiger partial charge >= 0.3 is 6.03 Å². The summed E-state index contributed by atoms with van der Waals surface area (Å²) < 4.78 is 0. The first-order chi connectivity index (χ1) is 12.0. The van der Waals surface area contributed by atoms with Crippen molar-refractivity contribution >= 4 is 11.9 Å². The van der Waals surface area contributed by atoms with Crippen molar-refractivity contribution in [3.8, 4) is 0 Å². The molecule has 1 aliphatic heterocycles. The van der Waals surface area contributed by atoms with Gasteiger partial charge in [0.05, 0.1) is 6.04 Å². The van der Waals surface area contributed by atoms with E-state index in [0.717, 1.165) is 25.9 Å². The molecule has 0 bridgehead atoms. The maximum Gasteiger partial charge on any atom is 0.314 e. The van der Waals surface area contributed by atoms with Gasteiger partial charge in [0.1, 0.15) is 0 Å². The molecule has 1 atom stereocenters. The van der Waals surface area contributed by atoms with Gasteiger partial charge in [-0.15, -0.1) is 0 Å². The Morgan fingerprint density at radius 3 is 2.36 bits per heavy atom. The lowest BCUT2D eigenvalue weighted by molar-refractivity contribution is -0.130. The van der Waals surface area contributed by atoms with E-state index in [1.807, 2.05) is 37.2 Å². The first kappa shape index (κ1) is 19.2. The molecule has 138 valence electrons. The van der Waals surface area contributed by atoms with E-state index in [9.17, 15) is 9.59 Å². The van der Waals surface area contributed by atoms with Gasteiger partial charge in [0, 0.05) is 33.1 Å². The Hall–Kier alpha value is -2.08. The topological polar surface area (TPSA) is 64.7 Å². The van der Waals surface area contributed by atoms with Crippen LogP contribution in [0.2, 0.25) is 0 Å². The normalized spacial score (nSPS) is 16.6. The maximum atomic E-state index is 12.1. The van der Waals surface area contributed by atoms with E-state index in [-0.39, 0.29) is 18.0 Å². The van der Waals surface area contributed by atoms with Gasteiger partial charge in [0.2, 0.25) is 5.91 Å². The third kappa shape index (κ3) is 6.05. The molecule has 25 heavy (non-hydrogen) atoms. The summed E-state index contributed by atoms with van der Waals surface area (Å²) >= 11 is 0. The van der Waals surface area contributed by atoms with Crippen molar-refractivity contribution < 1.29 is 9.59 Å². The van der Waals surface area contributed by atoms with Gasteiger partial charge in [0.25, 0.3) is 0 Å². The highest BCUT2D eigenvalue weighted by Crippen LogP contribution is 2.17. The second-order valence-electron chi connectivity index (χ2n) is 6.93. The number of urea groups is 1. The fourth-order valence-electron chi connectivity index (χ4n) is 3.21. The SMILES string of the molecule is CC(=O)N1CCC(CNC(=O)NC[C@@H](c2ccccc2)N(C)C)CC1. The number of carbonyl (C=O) groups excluding carboxylic acids is 2. The first-order valence-electron chi connectivity index (χ1n) is 8.96. The molecule has 6 heteroatoms. The number of likely N-dealkylation sites (N-methyl/N-ethyl adjacent to an activating group) is 1. The Morgan fingerprint density at radius 1 is 1.16 bits per heavy atom. The molecule has 6 nitrogen and oxygen atoms in total. The molecule has 0 spiro atoms. The van der Waals surface area contributed by atoms with E-state index >= 15 is 0 Å². The highest BCUT2D eigenvalue weighted by Gasteiger charge is 2.21. The van der Waals surface area contributed by atoms with E-state index in [1.165, 1.54) is 5.56 Å². The van der Waals surface area contributed by atoms with Gasteiger partial charge in [-0.3, -0.25) is 4.79 Å². The standard InChI is InChI=1S/C19H30N4O2/c1-15(24)23-11-9-16(10-12-23)13-20-19(25)21-14-18(22(2)3)17-7-5-4-6-8-17/h4-8,16,18H,9-14H2,1-3H3,(H2,20,21,25)/t18-/m0/s1. The second-order valence-corrected chi connectivity index (χ2v) is 6.93. The van der Waals surface area contributed by atoms with Crippen molar-refractivity contribution in [1.29, 1.82) is 0 Å². The lowest BCUT2D eigenvalue weighted by atomic mass is 9.97. The molecule has 3 amide bonds. The number of likely N-dealkylation sites (tertiary alicyclic amines) is 1. The van der Waals surface area contributed by atoms with Crippen LogP contribution in [0.3, 0.4) is 0 Å². The van der Waals surface area contributed by atoms with Crippen molar-refractivity contribution in [2.24, 2.45) is 5.92 Å². The number of piperidine rings is 1. The fraction of sp³-hybridized carbons (Fsp3) is 0.579. The van der Waals surface area contributed by atoms with Crippen LogP contribution < -0.4 is 10.6 Å². The highest BCUT2D eigenvalue weighted by atomic mass is 16.2. The van der Waals surface area contributed by atoms with Gasteiger partial charge < -0.3 is 20.4 Å². The van der Waals surface area contributed by atoms with Gasteiger partial charge in [-0.2, -0.15) is 0 Å². The van der Waals surface area contributed by atoms with Crippen molar-refractivity contribution in [2.75, 3.05) is 40.3 Å². The molecule has 1 fully saturated rings. The Balaban J connectivity index is 1.72. The lowest BCUT2D eigenvalue weighted by Crippen LogP contribution is -2.44. The molecule has 0 radical (unpaired) electrons. The number of nitrogens with one attached hydrogen (secondary N) is 2. The maximum absolute atomic E-state index is 12.1. The minimum Gasteiger partial charge on any atom is -0.343 e. The number of nitrogens with zero attached hydrogens (tertiary/aromatic N) is 2. The number of rotatable bonds is 6. The summed E-state index contributed by atoms with van der Waals surface area (Å²) in [6.45, 7) is 4.42. The average molecular weight is 346 g/mol. The van der Waals surface area contributed by atoms with E-state index in [2.05, 4.69) is 27.7 Å². The largest absolute Gasteiger partial charge is 0.343 e. The van der Waals surface area contributed by atoms with Crippen LogP contribution in [-0.4, -0.2) is 62.0 Å². The van der Waals surface area contributed by atoms with Crippen molar-refractivity contribution in [2.45, 2.75) is 25.8 Å². The molecule has 0 aliphatic carbocycles. The molecule has 1 heterocycles. The highest BCUT2D eigenvalue weighted by molar-refractivity contribution is 5.74. The molecule has 0 unspecified atom stereocenters. The summed E-state index contributed by atoms with van der Waals surface area (Å²) in [4.78, 5) is 27.4. The van der Waals surface area contributed by atoms with E-state index in [4.69, 9.17) is 0 Å². The monoisotopic (exact) mass is 346 g/mol. The molecule has 2 N–H and O–H groups in total. The van der Waals surface area contributed by atoms with Crippen LogP contribution in [0.4, 0.5) is 4.79 Å². The lowest BCUT2D eigenvalue weighted by Gasteiger charge is -2.31. The summed E-state index contributed by atoms with van der Waals surface area (Å²) in [6.07, 6.45) is 1.90. The van der Waals surface area contributed by atoms with Crippen LogP contribution in [0.1, 0.15) is 31.4 Å². The minimum atomic E-state index is -0.128. The van der Waals surface area contributed by atoms with E-state index in [1.54, 1.807) is 6.92 Å². The summed E-state index contributed by atoms with van der Waals surface area (Å²) in [5.74, 6) is 0.583. The zero-order valence-corrected chi connectivity index (χ0v) is 15.5. The van der Waals surface area contributed by atoms with E-state index in [0.29, 0.717) is 19.0 Å². The first-order valence-corrected chi connectivity index (χ1v) is 8.96. The molecule has 1 aromatic carbocycles. The van der Waals surface area contributed by atoms with Crippen molar-refractivity contribution in [3.63, 3.8) is 0 Å². The van der Waals surface area contributed by atoms with Crippen LogP contribution in [0.25, 0.3) is 0 Å². The molecule has 2 rings (SSSR count). The molecule has 0 saturated carbocycles. The van der Waals surface area contributed by atoms with E-state index < -0.39 is 0 Å². The van der Waals surface area contributed by atoms with Gasteiger partial charge in [-0.05, 0) is 38.4 Å².